The van der Waals surface area contributed by atoms with Gasteiger partial charge in [0.25, 0.3) is 0 Å². The molecule has 0 fully saturated rings. The van der Waals surface area contributed by atoms with Crippen LogP contribution in [0.4, 0.5) is 17.1 Å². The van der Waals surface area contributed by atoms with Gasteiger partial charge in [0.15, 0.2) is 0 Å². The van der Waals surface area contributed by atoms with E-state index in [4.69, 9.17) is 0 Å². The molecule has 1 unspecified atom stereocenters. The van der Waals surface area contributed by atoms with Gasteiger partial charge in [-0.15, -0.1) is 0 Å². The fourth-order valence-electron chi connectivity index (χ4n) is 9.12. The fraction of sp³-hybridized carbons (Fsp3) is 0.0189. The molecule has 1 nitrogen and oxygen atoms in total. The maximum absolute atomic E-state index is 2.49. The highest BCUT2D eigenvalue weighted by molar-refractivity contribution is 7.99. The van der Waals surface area contributed by atoms with Crippen LogP contribution in [0.5, 0.6) is 0 Å². The molecule has 1 aliphatic heterocycles. The van der Waals surface area contributed by atoms with E-state index in [0.29, 0.717) is 0 Å². The van der Waals surface area contributed by atoms with Crippen LogP contribution >= 0.6 is 11.8 Å². The summed E-state index contributed by atoms with van der Waals surface area (Å²) in [5, 5.41) is 2.57. The number of rotatable bonds is 5. The van der Waals surface area contributed by atoms with E-state index in [-0.39, 0.29) is 0 Å². The van der Waals surface area contributed by atoms with Crippen LogP contribution in [0.15, 0.2) is 222 Å². The van der Waals surface area contributed by atoms with Gasteiger partial charge in [0.1, 0.15) is 0 Å². The molecule has 1 spiro atoms. The highest BCUT2D eigenvalue weighted by Crippen LogP contribution is 2.64. The molecule has 0 N–H and O–H groups in total. The SMILES string of the molecule is c1ccc(-c2ccc(N(c3ccc(-c4ccccc4)cc3)c3ccc4c(c3)C3(c5ccccc5Sc5ccc6ccccc6c53)c3ccccc3-4)cc2)cc1. The van der Waals surface area contributed by atoms with Gasteiger partial charge in [0.05, 0.1) is 5.41 Å². The first-order valence-electron chi connectivity index (χ1n) is 18.9. The van der Waals surface area contributed by atoms with Crippen molar-refractivity contribution in [1.29, 1.82) is 0 Å². The molecule has 9 aromatic rings. The van der Waals surface area contributed by atoms with E-state index in [0.717, 1.165) is 17.1 Å². The Hall–Kier alpha value is -6.61. The minimum absolute atomic E-state index is 0.500. The van der Waals surface area contributed by atoms with Crippen molar-refractivity contribution in [2.45, 2.75) is 15.2 Å². The Kier molecular flexibility index (Phi) is 7.40. The van der Waals surface area contributed by atoms with E-state index >= 15 is 0 Å². The van der Waals surface area contributed by atoms with Gasteiger partial charge in [0.2, 0.25) is 0 Å². The lowest BCUT2D eigenvalue weighted by Gasteiger charge is -2.41. The molecule has 1 atom stereocenters. The lowest BCUT2D eigenvalue weighted by atomic mass is 9.66. The minimum atomic E-state index is -0.500. The Morgan fingerprint density at radius 1 is 0.345 bits per heavy atom. The number of nitrogens with zero attached hydrogens (tertiary/aromatic N) is 1. The van der Waals surface area contributed by atoms with Crippen molar-refractivity contribution in [1.82, 2.24) is 0 Å². The summed E-state index contributed by atoms with van der Waals surface area (Å²) in [4.78, 5) is 5.05. The molecule has 11 rings (SSSR count). The molecule has 258 valence electrons. The lowest BCUT2D eigenvalue weighted by Crippen LogP contribution is -2.32. The number of hydrogen-bond donors (Lipinski definition) is 0. The van der Waals surface area contributed by atoms with Crippen molar-refractivity contribution in [2.24, 2.45) is 0 Å². The van der Waals surface area contributed by atoms with Gasteiger partial charge in [0, 0.05) is 26.9 Å². The van der Waals surface area contributed by atoms with Crippen molar-refractivity contribution in [3.05, 3.63) is 235 Å². The Morgan fingerprint density at radius 2 is 0.873 bits per heavy atom. The third kappa shape index (κ3) is 4.95. The standard InChI is InChI=1S/C53H35NS/c1-3-13-36(14-4-1)38-23-28-41(29-24-38)54(42-30-25-39(26-31-42)37-15-5-2-6-16-37)43-32-33-46-45-19-9-10-20-47(45)53(49(46)35-43)48-21-11-12-22-50(48)55-51-34-27-40-17-7-8-18-44(40)52(51)53/h1-35H. The first-order chi connectivity index (χ1) is 27.3. The third-order valence-corrected chi connectivity index (χ3v) is 12.7. The zero-order valence-electron chi connectivity index (χ0n) is 30.1. The molecule has 55 heavy (non-hydrogen) atoms. The van der Waals surface area contributed by atoms with Crippen LogP contribution in [-0.2, 0) is 5.41 Å². The summed E-state index contributed by atoms with van der Waals surface area (Å²) in [5.41, 5.74) is 15.7. The third-order valence-electron chi connectivity index (χ3n) is 11.5. The quantitative estimate of drug-likeness (QED) is 0.174. The summed E-state index contributed by atoms with van der Waals surface area (Å²) in [7, 11) is 0. The first-order valence-corrected chi connectivity index (χ1v) is 19.7. The number of fused-ring (bicyclic) bond motifs is 11. The molecule has 0 saturated carbocycles. The molecular formula is C53H35NS. The minimum Gasteiger partial charge on any atom is -0.310 e. The summed E-state index contributed by atoms with van der Waals surface area (Å²) in [6.45, 7) is 0. The van der Waals surface area contributed by atoms with Crippen LogP contribution in [0.2, 0.25) is 0 Å². The normalized spacial score (nSPS) is 14.9. The van der Waals surface area contributed by atoms with E-state index in [1.165, 1.54) is 76.2 Å². The monoisotopic (exact) mass is 717 g/mol. The van der Waals surface area contributed by atoms with E-state index in [9.17, 15) is 0 Å². The second-order valence-electron chi connectivity index (χ2n) is 14.4. The van der Waals surface area contributed by atoms with Crippen LogP contribution in [0, 0.1) is 0 Å². The summed E-state index contributed by atoms with van der Waals surface area (Å²) in [6.07, 6.45) is 0. The largest absolute Gasteiger partial charge is 0.310 e. The number of hydrogen-bond acceptors (Lipinski definition) is 2. The Bertz CT molecular complexity index is 2800. The van der Waals surface area contributed by atoms with Gasteiger partial charge in [-0.1, -0.05) is 176 Å². The fourth-order valence-corrected chi connectivity index (χ4v) is 10.3. The van der Waals surface area contributed by atoms with Crippen LogP contribution < -0.4 is 4.90 Å². The summed E-state index contributed by atoms with van der Waals surface area (Å²) >= 11 is 1.90. The van der Waals surface area contributed by atoms with Crippen molar-refractivity contribution in [3.8, 4) is 33.4 Å². The lowest BCUT2D eigenvalue weighted by molar-refractivity contribution is 0.730. The summed E-state index contributed by atoms with van der Waals surface area (Å²) < 4.78 is 0. The zero-order valence-corrected chi connectivity index (χ0v) is 30.9. The van der Waals surface area contributed by atoms with Gasteiger partial charge in [-0.05, 0) is 115 Å². The molecule has 0 radical (unpaired) electrons. The first kappa shape index (κ1) is 31.9. The van der Waals surface area contributed by atoms with Crippen molar-refractivity contribution < 1.29 is 0 Å². The van der Waals surface area contributed by atoms with Gasteiger partial charge in [-0.2, -0.15) is 0 Å². The average Bonchev–Trinajstić information content (AvgIpc) is 3.54. The van der Waals surface area contributed by atoms with E-state index < -0.39 is 5.41 Å². The molecule has 1 heterocycles. The molecular weight excluding hydrogens is 683 g/mol. The summed E-state index contributed by atoms with van der Waals surface area (Å²) in [5.74, 6) is 0. The van der Waals surface area contributed by atoms with Crippen LogP contribution in [0.3, 0.4) is 0 Å². The van der Waals surface area contributed by atoms with E-state index in [1.54, 1.807) is 0 Å². The van der Waals surface area contributed by atoms with Crippen LogP contribution in [-0.4, -0.2) is 0 Å². The molecule has 2 aliphatic rings. The molecule has 1 aliphatic carbocycles. The second kappa shape index (κ2) is 12.8. The second-order valence-corrected chi connectivity index (χ2v) is 15.5. The highest BCUT2D eigenvalue weighted by Gasteiger charge is 2.51. The molecule has 9 aromatic carbocycles. The molecule has 0 bridgehead atoms. The number of benzene rings is 9. The van der Waals surface area contributed by atoms with Gasteiger partial charge < -0.3 is 4.90 Å². The highest BCUT2D eigenvalue weighted by atomic mass is 32.2. The zero-order chi connectivity index (χ0) is 36.3. The Morgan fingerprint density at radius 3 is 1.56 bits per heavy atom. The topological polar surface area (TPSA) is 3.24 Å². The van der Waals surface area contributed by atoms with Crippen molar-refractivity contribution >= 4 is 39.6 Å². The number of anilines is 3. The van der Waals surface area contributed by atoms with Gasteiger partial charge >= 0.3 is 0 Å². The predicted octanol–water partition coefficient (Wildman–Crippen LogP) is 14.5. The summed E-state index contributed by atoms with van der Waals surface area (Å²) in [6, 6.07) is 78.2. The molecule has 2 heteroatoms. The smallest absolute Gasteiger partial charge is 0.0742 e. The van der Waals surface area contributed by atoms with Crippen LogP contribution in [0.1, 0.15) is 22.3 Å². The molecule has 0 saturated heterocycles. The van der Waals surface area contributed by atoms with Gasteiger partial charge in [-0.3, -0.25) is 0 Å². The van der Waals surface area contributed by atoms with Crippen LogP contribution in [0.25, 0.3) is 44.2 Å². The van der Waals surface area contributed by atoms with E-state index in [1.807, 2.05) is 11.8 Å². The average molecular weight is 718 g/mol. The Labute approximate surface area is 326 Å². The maximum atomic E-state index is 2.49. The van der Waals surface area contributed by atoms with Crippen molar-refractivity contribution in [3.63, 3.8) is 0 Å². The molecule has 0 amide bonds. The predicted molar refractivity (Wildman–Crippen MR) is 231 cm³/mol. The maximum Gasteiger partial charge on any atom is 0.0742 e. The molecule has 0 aromatic heterocycles. The van der Waals surface area contributed by atoms with Crippen molar-refractivity contribution in [2.75, 3.05) is 4.90 Å². The van der Waals surface area contributed by atoms with E-state index in [2.05, 4.69) is 217 Å². The Balaban J connectivity index is 1.16. The van der Waals surface area contributed by atoms with Gasteiger partial charge in [-0.25, -0.2) is 0 Å².